The molecule has 0 aromatic carbocycles. The van der Waals surface area contributed by atoms with Crippen molar-refractivity contribution in [1.29, 1.82) is 0 Å². The standard InChI is InChI=1S/C16H29NO2/c1-11-8-16(2,3)9-14(11)17-10-12-4-6-13(7-5-12)15(18)19/h11-14,17H,4-10H2,1-3H3,(H,18,19). The molecule has 2 rings (SSSR count). The second-order valence-corrected chi connectivity index (χ2v) is 7.62. The van der Waals surface area contributed by atoms with E-state index in [-0.39, 0.29) is 5.92 Å². The van der Waals surface area contributed by atoms with Crippen LogP contribution in [0.1, 0.15) is 59.3 Å². The molecule has 0 radical (unpaired) electrons. The third-order valence-electron chi connectivity index (χ3n) is 5.20. The summed E-state index contributed by atoms with van der Waals surface area (Å²) >= 11 is 0. The highest BCUT2D eigenvalue weighted by atomic mass is 16.4. The van der Waals surface area contributed by atoms with Crippen LogP contribution in [0.2, 0.25) is 0 Å². The van der Waals surface area contributed by atoms with E-state index >= 15 is 0 Å². The summed E-state index contributed by atoms with van der Waals surface area (Å²) in [6.07, 6.45) is 6.48. The van der Waals surface area contributed by atoms with E-state index in [9.17, 15) is 4.79 Å². The summed E-state index contributed by atoms with van der Waals surface area (Å²) in [5.74, 6) is 0.773. The first-order valence-electron chi connectivity index (χ1n) is 7.83. The summed E-state index contributed by atoms with van der Waals surface area (Å²) in [6.45, 7) is 8.16. The Morgan fingerprint density at radius 2 is 1.84 bits per heavy atom. The fourth-order valence-electron chi connectivity index (χ4n) is 4.10. The molecule has 0 saturated heterocycles. The van der Waals surface area contributed by atoms with Gasteiger partial charge in [0, 0.05) is 6.04 Å². The Morgan fingerprint density at radius 3 is 2.32 bits per heavy atom. The molecule has 2 unspecified atom stereocenters. The monoisotopic (exact) mass is 267 g/mol. The normalized spacial score (nSPS) is 38.3. The highest BCUT2D eigenvalue weighted by Crippen LogP contribution is 2.41. The van der Waals surface area contributed by atoms with E-state index in [1.807, 2.05) is 0 Å². The van der Waals surface area contributed by atoms with Crippen LogP contribution in [-0.2, 0) is 4.79 Å². The van der Waals surface area contributed by atoms with Gasteiger partial charge >= 0.3 is 5.97 Å². The van der Waals surface area contributed by atoms with Gasteiger partial charge < -0.3 is 10.4 Å². The fraction of sp³-hybridized carbons (Fsp3) is 0.938. The van der Waals surface area contributed by atoms with E-state index in [0.717, 1.165) is 38.1 Å². The largest absolute Gasteiger partial charge is 0.481 e. The van der Waals surface area contributed by atoms with Gasteiger partial charge in [0.25, 0.3) is 0 Å². The first-order chi connectivity index (χ1) is 8.87. The van der Waals surface area contributed by atoms with Gasteiger partial charge in [-0.05, 0) is 62.3 Å². The maximum Gasteiger partial charge on any atom is 0.306 e. The number of carboxylic acid groups (broad SMARTS) is 1. The third-order valence-corrected chi connectivity index (χ3v) is 5.20. The van der Waals surface area contributed by atoms with Crippen LogP contribution in [0.25, 0.3) is 0 Å². The molecule has 0 amide bonds. The Morgan fingerprint density at radius 1 is 1.21 bits per heavy atom. The van der Waals surface area contributed by atoms with Crippen molar-refractivity contribution in [3.05, 3.63) is 0 Å². The van der Waals surface area contributed by atoms with Crippen LogP contribution in [0, 0.1) is 23.2 Å². The highest BCUT2D eigenvalue weighted by Gasteiger charge is 2.36. The van der Waals surface area contributed by atoms with Gasteiger partial charge in [0.15, 0.2) is 0 Å². The molecule has 2 aliphatic rings. The summed E-state index contributed by atoms with van der Waals surface area (Å²) in [6, 6.07) is 0.659. The lowest BCUT2D eigenvalue weighted by Gasteiger charge is -2.28. The quantitative estimate of drug-likeness (QED) is 0.821. The zero-order chi connectivity index (χ0) is 14.0. The Bertz CT molecular complexity index is 319. The SMILES string of the molecule is CC1CC(C)(C)CC1NCC1CCC(C(=O)O)CC1. The molecular formula is C16H29NO2. The van der Waals surface area contributed by atoms with Crippen LogP contribution in [-0.4, -0.2) is 23.7 Å². The number of carboxylic acids is 1. The molecule has 0 aromatic heterocycles. The van der Waals surface area contributed by atoms with E-state index < -0.39 is 5.97 Å². The minimum atomic E-state index is -0.599. The fourth-order valence-corrected chi connectivity index (χ4v) is 4.10. The number of hydrogen-bond acceptors (Lipinski definition) is 2. The lowest BCUT2D eigenvalue weighted by molar-refractivity contribution is -0.143. The lowest BCUT2D eigenvalue weighted by Crippen LogP contribution is -2.37. The van der Waals surface area contributed by atoms with E-state index in [1.165, 1.54) is 12.8 Å². The number of nitrogens with one attached hydrogen (secondary N) is 1. The van der Waals surface area contributed by atoms with Crippen molar-refractivity contribution in [1.82, 2.24) is 5.32 Å². The van der Waals surface area contributed by atoms with Crippen LogP contribution in [0.5, 0.6) is 0 Å². The molecule has 0 spiro atoms. The van der Waals surface area contributed by atoms with E-state index in [1.54, 1.807) is 0 Å². The summed E-state index contributed by atoms with van der Waals surface area (Å²) in [7, 11) is 0. The molecule has 110 valence electrons. The molecule has 0 aliphatic heterocycles. The van der Waals surface area contributed by atoms with Crippen molar-refractivity contribution < 1.29 is 9.90 Å². The molecule has 2 saturated carbocycles. The highest BCUT2D eigenvalue weighted by molar-refractivity contribution is 5.69. The van der Waals surface area contributed by atoms with Gasteiger partial charge in [-0.3, -0.25) is 4.79 Å². The van der Waals surface area contributed by atoms with E-state index in [0.29, 0.717) is 17.4 Å². The van der Waals surface area contributed by atoms with Crippen LogP contribution in [0.15, 0.2) is 0 Å². The van der Waals surface area contributed by atoms with Crippen molar-refractivity contribution in [3.63, 3.8) is 0 Å². The predicted molar refractivity (Wildman–Crippen MR) is 77.1 cm³/mol. The van der Waals surface area contributed by atoms with Gasteiger partial charge in [-0.25, -0.2) is 0 Å². The molecule has 2 fully saturated rings. The molecular weight excluding hydrogens is 238 g/mol. The maximum atomic E-state index is 10.9. The second-order valence-electron chi connectivity index (χ2n) is 7.62. The molecule has 3 heteroatoms. The van der Waals surface area contributed by atoms with E-state index in [4.69, 9.17) is 5.11 Å². The van der Waals surface area contributed by atoms with Gasteiger partial charge in [0.1, 0.15) is 0 Å². The average molecular weight is 267 g/mol. The van der Waals surface area contributed by atoms with Crippen molar-refractivity contribution >= 4 is 5.97 Å². The minimum Gasteiger partial charge on any atom is -0.481 e. The molecule has 2 aliphatic carbocycles. The average Bonchev–Trinajstić information content (AvgIpc) is 2.60. The number of aliphatic carboxylic acids is 1. The van der Waals surface area contributed by atoms with Crippen molar-refractivity contribution in [2.75, 3.05) is 6.54 Å². The molecule has 0 aromatic rings. The molecule has 19 heavy (non-hydrogen) atoms. The summed E-state index contributed by atoms with van der Waals surface area (Å²) < 4.78 is 0. The Labute approximate surface area is 117 Å². The third kappa shape index (κ3) is 3.95. The first kappa shape index (κ1) is 14.8. The van der Waals surface area contributed by atoms with Gasteiger partial charge in [-0.15, -0.1) is 0 Å². The van der Waals surface area contributed by atoms with Crippen molar-refractivity contribution in [2.45, 2.75) is 65.3 Å². The molecule has 0 bridgehead atoms. The molecule has 3 nitrogen and oxygen atoms in total. The zero-order valence-electron chi connectivity index (χ0n) is 12.6. The van der Waals surface area contributed by atoms with Crippen LogP contribution >= 0.6 is 0 Å². The number of carbonyl (C=O) groups is 1. The van der Waals surface area contributed by atoms with Crippen molar-refractivity contribution in [3.8, 4) is 0 Å². The smallest absolute Gasteiger partial charge is 0.306 e. The number of hydrogen-bond donors (Lipinski definition) is 2. The van der Waals surface area contributed by atoms with Crippen LogP contribution in [0.4, 0.5) is 0 Å². The predicted octanol–water partition coefficient (Wildman–Crippen LogP) is 3.29. The Balaban J connectivity index is 1.71. The summed E-state index contributed by atoms with van der Waals surface area (Å²) in [5, 5.41) is 12.8. The lowest BCUT2D eigenvalue weighted by atomic mass is 9.82. The second kappa shape index (κ2) is 5.82. The van der Waals surface area contributed by atoms with Gasteiger partial charge in [-0.2, -0.15) is 0 Å². The Hall–Kier alpha value is -0.570. The van der Waals surface area contributed by atoms with Crippen molar-refractivity contribution in [2.24, 2.45) is 23.2 Å². The van der Waals surface area contributed by atoms with Gasteiger partial charge in [-0.1, -0.05) is 20.8 Å². The molecule has 2 N–H and O–H groups in total. The first-order valence-corrected chi connectivity index (χ1v) is 7.83. The van der Waals surface area contributed by atoms with Gasteiger partial charge in [0.2, 0.25) is 0 Å². The molecule has 0 heterocycles. The van der Waals surface area contributed by atoms with Crippen LogP contribution < -0.4 is 5.32 Å². The summed E-state index contributed by atoms with van der Waals surface area (Å²) in [5.41, 5.74) is 0.484. The zero-order valence-corrected chi connectivity index (χ0v) is 12.6. The molecule has 2 atom stereocenters. The van der Waals surface area contributed by atoms with Crippen LogP contribution in [0.3, 0.4) is 0 Å². The summed E-state index contributed by atoms with van der Waals surface area (Å²) in [4.78, 5) is 10.9. The topological polar surface area (TPSA) is 49.3 Å². The van der Waals surface area contributed by atoms with E-state index in [2.05, 4.69) is 26.1 Å². The number of rotatable bonds is 4. The maximum absolute atomic E-state index is 10.9. The Kier molecular flexibility index (Phi) is 4.54. The minimum absolute atomic E-state index is 0.0828. The van der Waals surface area contributed by atoms with Gasteiger partial charge in [0.05, 0.1) is 5.92 Å².